The Labute approximate surface area is 119 Å². The highest BCUT2D eigenvalue weighted by molar-refractivity contribution is 5.77. The molecule has 1 aromatic rings. The summed E-state index contributed by atoms with van der Waals surface area (Å²) in [5.74, 6) is 0. The van der Waals surface area contributed by atoms with E-state index in [1.807, 2.05) is 4.90 Å². The van der Waals surface area contributed by atoms with Crippen molar-refractivity contribution >= 4 is 6.03 Å². The molecule has 1 aromatic heterocycles. The van der Waals surface area contributed by atoms with Gasteiger partial charge >= 0.3 is 6.03 Å². The SMILES string of the molecule is CC(C)N1C2CCC1CN(C(=O)n1ccc(C#N)c1)C2. The molecule has 3 rings (SSSR count). The summed E-state index contributed by atoms with van der Waals surface area (Å²) in [5.41, 5.74) is 0.530. The lowest BCUT2D eigenvalue weighted by Gasteiger charge is -2.43. The minimum absolute atomic E-state index is 0.00759. The van der Waals surface area contributed by atoms with Crippen LogP contribution in [0.1, 0.15) is 32.3 Å². The highest BCUT2D eigenvalue weighted by Crippen LogP contribution is 2.32. The Balaban J connectivity index is 1.74. The number of carbonyl (C=O) groups excluding carboxylic acids is 1. The number of carbonyl (C=O) groups is 1. The topological polar surface area (TPSA) is 52.3 Å². The van der Waals surface area contributed by atoms with Gasteiger partial charge in [-0.25, -0.2) is 4.79 Å². The molecule has 0 spiro atoms. The maximum absolute atomic E-state index is 12.5. The van der Waals surface area contributed by atoms with Crippen LogP contribution in [-0.2, 0) is 0 Å². The van der Waals surface area contributed by atoms with Gasteiger partial charge in [0.1, 0.15) is 6.07 Å². The second-order valence-corrected chi connectivity index (χ2v) is 6.03. The van der Waals surface area contributed by atoms with Crippen molar-refractivity contribution in [1.82, 2.24) is 14.4 Å². The van der Waals surface area contributed by atoms with Crippen molar-refractivity contribution in [2.45, 2.75) is 44.8 Å². The molecular formula is C15H20N4O. The Hall–Kier alpha value is -1.80. The van der Waals surface area contributed by atoms with Crippen LogP contribution in [0.15, 0.2) is 18.5 Å². The second-order valence-electron chi connectivity index (χ2n) is 6.03. The number of fused-ring (bicyclic) bond motifs is 2. The standard InChI is InChI=1S/C15H20N4O/c1-11(2)19-13-3-4-14(19)10-18(9-13)15(20)17-6-5-12(7-16)8-17/h5-6,8,11,13-14H,3-4,9-10H2,1-2H3. The summed E-state index contributed by atoms with van der Waals surface area (Å²) >= 11 is 0. The van der Waals surface area contributed by atoms with Gasteiger partial charge < -0.3 is 4.90 Å². The van der Waals surface area contributed by atoms with Crippen LogP contribution in [0, 0.1) is 11.3 Å². The van der Waals surface area contributed by atoms with Gasteiger partial charge in [-0.3, -0.25) is 9.47 Å². The molecule has 0 aromatic carbocycles. The Kier molecular flexibility index (Phi) is 3.27. The second kappa shape index (κ2) is 4.95. The van der Waals surface area contributed by atoms with E-state index in [-0.39, 0.29) is 6.03 Å². The van der Waals surface area contributed by atoms with E-state index in [1.165, 1.54) is 17.4 Å². The Bertz CT molecular complexity index is 542. The molecule has 2 aliphatic rings. The highest BCUT2D eigenvalue weighted by atomic mass is 16.2. The molecule has 106 valence electrons. The first-order valence-electron chi connectivity index (χ1n) is 7.25. The van der Waals surface area contributed by atoms with Crippen LogP contribution in [0.4, 0.5) is 4.79 Å². The fourth-order valence-corrected chi connectivity index (χ4v) is 3.68. The summed E-state index contributed by atoms with van der Waals surface area (Å²) in [6.07, 6.45) is 5.65. The van der Waals surface area contributed by atoms with Crippen LogP contribution in [0.25, 0.3) is 0 Å². The number of hydrogen-bond acceptors (Lipinski definition) is 3. The molecule has 2 saturated heterocycles. The molecule has 0 N–H and O–H groups in total. The van der Waals surface area contributed by atoms with E-state index in [0.29, 0.717) is 23.7 Å². The van der Waals surface area contributed by atoms with E-state index in [0.717, 1.165) is 13.1 Å². The van der Waals surface area contributed by atoms with Crippen LogP contribution < -0.4 is 0 Å². The molecule has 0 saturated carbocycles. The lowest BCUT2D eigenvalue weighted by atomic mass is 10.1. The fourth-order valence-electron chi connectivity index (χ4n) is 3.68. The van der Waals surface area contributed by atoms with Crippen LogP contribution >= 0.6 is 0 Å². The molecule has 5 nitrogen and oxygen atoms in total. The monoisotopic (exact) mass is 272 g/mol. The zero-order valence-electron chi connectivity index (χ0n) is 12.0. The summed E-state index contributed by atoms with van der Waals surface area (Å²) < 4.78 is 1.53. The van der Waals surface area contributed by atoms with Gasteiger partial charge in [0, 0.05) is 43.6 Å². The van der Waals surface area contributed by atoms with Gasteiger partial charge in [-0.1, -0.05) is 0 Å². The van der Waals surface area contributed by atoms with Crippen molar-refractivity contribution in [2.24, 2.45) is 0 Å². The largest absolute Gasteiger partial charge is 0.328 e. The molecule has 3 heterocycles. The van der Waals surface area contributed by atoms with Gasteiger partial charge in [0.2, 0.25) is 0 Å². The number of nitriles is 1. The first kappa shape index (κ1) is 13.2. The Morgan fingerprint density at radius 3 is 2.50 bits per heavy atom. The maximum Gasteiger partial charge on any atom is 0.328 e. The van der Waals surface area contributed by atoms with Crippen LogP contribution in [0.5, 0.6) is 0 Å². The van der Waals surface area contributed by atoms with Crippen LogP contribution in [0.3, 0.4) is 0 Å². The van der Waals surface area contributed by atoms with E-state index in [2.05, 4.69) is 24.8 Å². The molecule has 0 aliphatic carbocycles. The number of rotatable bonds is 1. The average molecular weight is 272 g/mol. The summed E-state index contributed by atoms with van der Waals surface area (Å²) in [7, 11) is 0. The number of piperazine rings is 1. The summed E-state index contributed by atoms with van der Waals surface area (Å²) in [6, 6.07) is 5.25. The minimum Gasteiger partial charge on any atom is -0.321 e. The third kappa shape index (κ3) is 2.10. The normalized spacial score (nSPS) is 26.0. The van der Waals surface area contributed by atoms with E-state index >= 15 is 0 Å². The molecule has 0 radical (unpaired) electrons. The predicted octanol–water partition coefficient (Wildman–Crippen LogP) is 1.88. The molecule has 20 heavy (non-hydrogen) atoms. The van der Waals surface area contributed by atoms with Gasteiger partial charge in [0.25, 0.3) is 0 Å². The van der Waals surface area contributed by atoms with Crippen molar-refractivity contribution in [1.29, 1.82) is 5.26 Å². The van der Waals surface area contributed by atoms with E-state index in [4.69, 9.17) is 5.26 Å². The smallest absolute Gasteiger partial charge is 0.321 e. The highest BCUT2D eigenvalue weighted by Gasteiger charge is 2.42. The maximum atomic E-state index is 12.5. The number of nitrogens with zero attached hydrogens (tertiary/aromatic N) is 4. The Morgan fingerprint density at radius 2 is 2.00 bits per heavy atom. The lowest BCUT2D eigenvalue weighted by Crippen LogP contribution is -2.57. The zero-order chi connectivity index (χ0) is 14.3. The summed E-state index contributed by atoms with van der Waals surface area (Å²) in [6.45, 7) is 6.06. The molecular weight excluding hydrogens is 252 g/mol. The predicted molar refractivity (Wildman–Crippen MR) is 75.3 cm³/mol. The number of likely N-dealkylation sites (tertiary alicyclic amines) is 1. The summed E-state index contributed by atoms with van der Waals surface area (Å²) in [4.78, 5) is 17.0. The first-order valence-corrected chi connectivity index (χ1v) is 7.25. The van der Waals surface area contributed by atoms with Crippen molar-refractivity contribution in [3.63, 3.8) is 0 Å². The molecule has 2 atom stereocenters. The zero-order valence-corrected chi connectivity index (χ0v) is 12.0. The average Bonchev–Trinajstić information content (AvgIpc) is 3.01. The van der Waals surface area contributed by atoms with Crippen LogP contribution in [-0.4, -0.2) is 51.6 Å². The third-order valence-electron chi connectivity index (χ3n) is 4.45. The summed E-state index contributed by atoms with van der Waals surface area (Å²) in [5, 5.41) is 8.84. The molecule has 2 unspecified atom stereocenters. The molecule has 5 heteroatoms. The fraction of sp³-hybridized carbons (Fsp3) is 0.600. The number of amides is 1. The minimum atomic E-state index is -0.00759. The quantitative estimate of drug-likeness (QED) is 0.784. The van der Waals surface area contributed by atoms with Crippen molar-refractivity contribution < 1.29 is 4.79 Å². The number of aromatic nitrogens is 1. The van der Waals surface area contributed by atoms with Gasteiger partial charge in [-0.05, 0) is 32.8 Å². The van der Waals surface area contributed by atoms with E-state index in [1.54, 1.807) is 18.5 Å². The first-order chi connectivity index (χ1) is 9.60. The molecule has 2 fully saturated rings. The van der Waals surface area contributed by atoms with Crippen molar-refractivity contribution in [3.8, 4) is 6.07 Å². The molecule has 2 aliphatic heterocycles. The van der Waals surface area contributed by atoms with Gasteiger partial charge in [0.05, 0.1) is 5.56 Å². The van der Waals surface area contributed by atoms with E-state index in [9.17, 15) is 4.79 Å². The van der Waals surface area contributed by atoms with Crippen LogP contribution in [0.2, 0.25) is 0 Å². The Morgan fingerprint density at radius 1 is 1.35 bits per heavy atom. The molecule has 2 bridgehead atoms. The van der Waals surface area contributed by atoms with Crippen molar-refractivity contribution in [3.05, 3.63) is 24.0 Å². The number of hydrogen-bond donors (Lipinski definition) is 0. The van der Waals surface area contributed by atoms with Gasteiger partial charge in [-0.15, -0.1) is 0 Å². The van der Waals surface area contributed by atoms with Gasteiger partial charge in [-0.2, -0.15) is 5.26 Å². The molecule has 1 amide bonds. The van der Waals surface area contributed by atoms with E-state index < -0.39 is 0 Å². The third-order valence-corrected chi connectivity index (χ3v) is 4.45. The van der Waals surface area contributed by atoms with Gasteiger partial charge in [0.15, 0.2) is 0 Å². The van der Waals surface area contributed by atoms with Crippen molar-refractivity contribution in [2.75, 3.05) is 13.1 Å². The lowest BCUT2D eigenvalue weighted by molar-refractivity contribution is 0.0595.